The Balaban J connectivity index is 1.42. The van der Waals surface area contributed by atoms with Crippen LogP contribution in [0.1, 0.15) is 25.8 Å². The molecular formula is C24H31N3O4. The molecule has 7 heteroatoms. The van der Waals surface area contributed by atoms with Gasteiger partial charge in [0.2, 0.25) is 0 Å². The number of anilines is 2. The molecule has 0 bridgehead atoms. The average molecular weight is 426 g/mol. The molecule has 1 saturated heterocycles. The van der Waals surface area contributed by atoms with E-state index in [2.05, 4.69) is 29.4 Å². The third-order valence-electron chi connectivity index (χ3n) is 5.22. The van der Waals surface area contributed by atoms with Crippen molar-refractivity contribution in [1.82, 2.24) is 5.32 Å². The number of benzene rings is 2. The summed E-state index contributed by atoms with van der Waals surface area (Å²) >= 11 is 0. The van der Waals surface area contributed by atoms with E-state index in [0.717, 1.165) is 24.3 Å². The van der Waals surface area contributed by atoms with E-state index in [4.69, 9.17) is 4.74 Å². The number of morpholine rings is 1. The number of nitrogens with one attached hydrogen (secondary N) is 2. The van der Waals surface area contributed by atoms with Crippen molar-refractivity contribution in [2.45, 2.75) is 45.0 Å². The summed E-state index contributed by atoms with van der Waals surface area (Å²) in [5.74, 6) is -1.52. The van der Waals surface area contributed by atoms with E-state index in [1.807, 2.05) is 42.5 Å². The highest BCUT2D eigenvalue weighted by molar-refractivity contribution is 6.39. The lowest BCUT2D eigenvalue weighted by Gasteiger charge is -2.36. The van der Waals surface area contributed by atoms with Crippen LogP contribution in [0.3, 0.4) is 0 Å². The standard InChI is InChI=1S/C24H31N3O4/c1-17-15-27(16-18(2)31-17)21-11-9-20(10-12-21)26-24(30)23(29)25-14-22(28)13-8-19-6-4-3-5-7-19/h3-7,9-12,17-18,22,28H,8,13-16H2,1-2H3,(H,25,29)(H,26,30)/t17-,18+,22?. The molecule has 1 fully saturated rings. The second-order valence-corrected chi connectivity index (χ2v) is 8.05. The van der Waals surface area contributed by atoms with Gasteiger partial charge in [-0.05, 0) is 56.5 Å². The number of aliphatic hydroxyl groups excluding tert-OH is 1. The Kier molecular flexibility index (Phi) is 8.03. The number of nitrogens with zero attached hydrogens (tertiary/aromatic N) is 1. The lowest BCUT2D eigenvalue weighted by atomic mass is 10.1. The van der Waals surface area contributed by atoms with Crippen molar-refractivity contribution in [3.8, 4) is 0 Å². The van der Waals surface area contributed by atoms with Crippen molar-refractivity contribution in [2.24, 2.45) is 0 Å². The molecule has 0 saturated carbocycles. The van der Waals surface area contributed by atoms with Crippen LogP contribution in [0.25, 0.3) is 0 Å². The molecule has 0 aromatic heterocycles. The predicted molar refractivity (Wildman–Crippen MR) is 121 cm³/mol. The number of amides is 2. The summed E-state index contributed by atoms with van der Waals surface area (Å²) in [6.45, 7) is 5.75. The fourth-order valence-electron chi connectivity index (χ4n) is 3.70. The summed E-state index contributed by atoms with van der Waals surface area (Å²) in [5, 5.41) is 15.1. The Morgan fingerprint density at radius 3 is 2.32 bits per heavy atom. The van der Waals surface area contributed by atoms with E-state index in [-0.39, 0.29) is 18.8 Å². The highest BCUT2D eigenvalue weighted by Crippen LogP contribution is 2.22. The number of aliphatic hydroxyl groups is 1. The van der Waals surface area contributed by atoms with E-state index < -0.39 is 17.9 Å². The molecule has 3 rings (SSSR count). The zero-order valence-electron chi connectivity index (χ0n) is 18.1. The molecule has 0 aliphatic carbocycles. The maximum absolute atomic E-state index is 12.1. The summed E-state index contributed by atoms with van der Waals surface area (Å²) in [5.41, 5.74) is 2.71. The van der Waals surface area contributed by atoms with Crippen LogP contribution in [-0.4, -0.2) is 54.9 Å². The number of hydrogen-bond acceptors (Lipinski definition) is 5. The van der Waals surface area contributed by atoms with Gasteiger partial charge in [0.1, 0.15) is 0 Å². The molecule has 31 heavy (non-hydrogen) atoms. The Morgan fingerprint density at radius 2 is 1.68 bits per heavy atom. The van der Waals surface area contributed by atoms with Crippen LogP contribution in [-0.2, 0) is 20.7 Å². The maximum Gasteiger partial charge on any atom is 0.313 e. The van der Waals surface area contributed by atoms with E-state index in [0.29, 0.717) is 18.5 Å². The normalized spacial score (nSPS) is 19.5. The molecule has 7 nitrogen and oxygen atoms in total. The van der Waals surface area contributed by atoms with Crippen molar-refractivity contribution < 1.29 is 19.4 Å². The number of ether oxygens (including phenoxy) is 1. The van der Waals surface area contributed by atoms with Crippen LogP contribution in [0.4, 0.5) is 11.4 Å². The fraction of sp³-hybridized carbons (Fsp3) is 0.417. The molecule has 2 aromatic carbocycles. The third kappa shape index (κ3) is 7.08. The zero-order valence-corrected chi connectivity index (χ0v) is 18.1. The van der Waals surface area contributed by atoms with Crippen molar-refractivity contribution in [3.05, 3.63) is 60.2 Å². The summed E-state index contributed by atoms with van der Waals surface area (Å²) in [4.78, 5) is 26.4. The molecule has 1 unspecified atom stereocenters. The molecule has 0 radical (unpaired) electrons. The van der Waals surface area contributed by atoms with Crippen LogP contribution < -0.4 is 15.5 Å². The smallest absolute Gasteiger partial charge is 0.313 e. The molecule has 0 spiro atoms. The first-order valence-electron chi connectivity index (χ1n) is 10.7. The fourth-order valence-corrected chi connectivity index (χ4v) is 3.70. The monoisotopic (exact) mass is 425 g/mol. The first-order chi connectivity index (χ1) is 14.9. The Bertz CT molecular complexity index is 847. The van der Waals surface area contributed by atoms with Crippen molar-refractivity contribution >= 4 is 23.2 Å². The second kappa shape index (κ2) is 10.9. The van der Waals surface area contributed by atoms with E-state index in [9.17, 15) is 14.7 Å². The minimum Gasteiger partial charge on any atom is -0.391 e. The number of carbonyl (C=O) groups is 2. The molecule has 3 atom stereocenters. The minimum absolute atomic E-state index is 0.0332. The van der Waals surface area contributed by atoms with Crippen molar-refractivity contribution in [1.29, 1.82) is 0 Å². The molecule has 2 aromatic rings. The molecule has 1 heterocycles. The van der Waals surface area contributed by atoms with Gasteiger partial charge in [-0.15, -0.1) is 0 Å². The van der Waals surface area contributed by atoms with Crippen LogP contribution in [0.5, 0.6) is 0 Å². The SMILES string of the molecule is C[C@@H]1CN(c2ccc(NC(=O)C(=O)NCC(O)CCc3ccccc3)cc2)C[C@H](C)O1. The molecule has 3 N–H and O–H groups in total. The summed E-state index contributed by atoms with van der Waals surface area (Å²) in [7, 11) is 0. The van der Waals surface area contributed by atoms with Gasteiger partial charge in [0, 0.05) is 31.0 Å². The second-order valence-electron chi connectivity index (χ2n) is 8.05. The van der Waals surface area contributed by atoms with Gasteiger partial charge in [0.25, 0.3) is 0 Å². The Morgan fingerprint density at radius 1 is 1.03 bits per heavy atom. The Labute approximate surface area is 183 Å². The van der Waals surface area contributed by atoms with Crippen molar-refractivity contribution in [2.75, 3.05) is 29.9 Å². The number of hydrogen-bond donors (Lipinski definition) is 3. The lowest BCUT2D eigenvalue weighted by molar-refractivity contribution is -0.136. The van der Waals surface area contributed by atoms with Gasteiger partial charge in [-0.25, -0.2) is 0 Å². The van der Waals surface area contributed by atoms with Crippen LogP contribution >= 0.6 is 0 Å². The number of carbonyl (C=O) groups excluding carboxylic acids is 2. The quantitative estimate of drug-likeness (QED) is 0.593. The molecule has 166 valence electrons. The lowest BCUT2D eigenvalue weighted by Crippen LogP contribution is -2.45. The van der Waals surface area contributed by atoms with Gasteiger partial charge in [-0.3, -0.25) is 9.59 Å². The van der Waals surface area contributed by atoms with Gasteiger partial charge in [0.15, 0.2) is 0 Å². The number of aryl methyl sites for hydroxylation is 1. The third-order valence-corrected chi connectivity index (χ3v) is 5.22. The van der Waals surface area contributed by atoms with Gasteiger partial charge >= 0.3 is 11.8 Å². The Hall–Kier alpha value is -2.90. The van der Waals surface area contributed by atoms with Gasteiger partial charge in [0.05, 0.1) is 18.3 Å². The van der Waals surface area contributed by atoms with Crippen LogP contribution in [0, 0.1) is 0 Å². The van der Waals surface area contributed by atoms with Crippen LogP contribution in [0.2, 0.25) is 0 Å². The average Bonchev–Trinajstić information content (AvgIpc) is 2.76. The first-order valence-corrected chi connectivity index (χ1v) is 10.7. The van der Waals surface area contributed by atoms with Crippen LogP contribution in [0.15, 0.2) is 54.6 Å². The topological polar surface area (TPSA) is 90.9 Å². The minimum atomic E-state index is -0.765. The zero-order chi connectivity index (χ0) is 22.2. The summed E-state index contributed by atoms with van der Waals surface area (Å²) < 4.78 is 5.76. The summed E-state index contributed by atoms with van der Waals surface area (Å²) in [6.07, 6.45) is 0.822. The first kappa shape index (κ1) is 22.8. The highest BCUT2D eigenvalue weighted by atomic mass is 16.5. The van der Waals surface area contributed by atoms with Crippen molar-refractivity contribution in [3.63, 3.8) is 0 Å². The van der Waals surface area contributed by atoms with E-state index in [1.54, 1.807) is 12.1 Å². The van der Waals surface area contributed by atoms with Gasteiger partial charge < -0.3 is 25.4 Å². The molecule has 2 amide bonds. The molecular weight excluding hydrogens is 394 g/mol. The highest BCUT2D eigenvalue weighted by Gasteiger charge is 2.22. The van der Waals surface area contributed by atoms with E-state index in [1.165, 1.54) is 0 Å². The molecule has 1 aliphatic heterocycles. The van der Waals surface area contributed by atoms with E-state index >= 15 is 0 Å². The van der Waals surface area contributed by atoms with Gasteiger partial charge in [-0.1, -0.05) is 30.3 Å². The maximum atomic E-state index is 12.1. The predicted octanol–water partition coefficient (Wildman–Crippen LogP) is 2.35. The largest absolute Gasteiger partial charge is 0.391 e. The summed E-state index contributed by atoms with van der Waals surface area (Å²) in [6, 6.07) is 17.2. The number of rotatable bonds is 7. The molecule has 1 aliphatic rings. The van der Waals surface area contributed by atoms with Gasteiger partial charge in [-0.2, -0.15) is 0 Å².